The van der Waals surface area contributed by atoms with E-state index >= 15 is 0 Å². The third-order valence-electron chi connectivity index (χ3n) is 2.99. The Hall–Kier alpha value is -1.56. The van der Waals surface area contributed by atoms with Crippen LogP contribution >= 0.6 is 0 Å². The van der Waals surface area contributed by atoms with Gasteiger partial charge in [-0.1, -0.05) is 37.3 Å². The van der Waals surface area contributed by atoms with Crippen LogP contribution in [0.1, 0.15) is 18.9 Å². The van der Waals surface area contributed by atoms with Crippen molar-refractivity contribution in [1.82, 2.24) is 9.80 Å². The van der Waals surface area contributed by atoms with Gasteiger partial charge in [-0.2, -0.15) is 13.2 Å². The number of benzene rings is 1. The van der Waals surface area contributed by atoms with Gasteiger partial charge in [-0.3, -0.25) is 9.69 Å². The number of amides is 1. The molecule has 0 aliphatic carbocycles. The lowest BCUT2D eigenvalue weighted by molar-refractivity contribution is -0.159. The van der Waals surface area contributed by atoms with Gasteiger partial charge in [0, 0.05) is 13.6 Å². The Balaban J connectivity index is 2.59. The Morgan fingerprint density at radius 2 is 1.81 bits per heavy atom. The second-order valence-corrected chi connectivity index (χ2v) is 5.06. The van der Waals surface area contributed by atoms with Gasteiger partial charge in [0.15, 0.2) is 0 Å². The molecule has 0 aliphatic rings. The van der Waals surface area contributed by atoms with Crippen LogP contribution in [-0.4, -0.2) is 48.6 Å². The molecule has 1 aromatic rings. The first-order valence-electron chi connectivity index (χ1n) is 6.89. The Morgan fingerprint density at radius 3 is 2.33 bits per heavy atom. The molecule has 0 unspecified atom stereocenters. The van der Waals surface area contributed by atoms with Crippen LogP contribution in [0, 0.1) is 0 Å². The van der Waals surface area contributed by atoms with E-state index in [-0.39, 0.29) is 6.54 Å². The van der Waals surface area contributed by atoms with Crippen molar-refractivity contribution in [1.29, 1.82) is 0 Å². The number of nitrogens with zero attached hydrogens (tertiary/aromatic N) is 2. The number of likely N-dealkylation sites (N-methyl/N-ethyl adjacent to an activating group) is 1. The second kappa shape index (κ2) is 8.02. The maximum atomic E-state index is 12.3. The molecule has 0 saturated carbocycles. The molecule has 118 valence electrons. The first kappa shape index (κ1) is 17.5. The van der Waals surface area contributed by atoms with E-state index in [4.69, 9.17) is 0 Å². The highest BCUT2D eigenvalue weighted by Crippen LogP contribution is 2.16. The number of carbonyl (C=O) groups is 1. The van der Waals surface area contributed by atoms with Gasteiger partial charge < -0.3 is 4.90 Å². The number of alkyl halides is 3. The lowest BCUT2D eigenvalue weighted by Crippen LogP contribution is -2.42. The molecule has 1 rings (SSSR count). The average Bonchev–Trinajstić information content (AvgIpc) is 2.38. The molecule has 0 bridgehead atoms. The fourth-order valence-corrected chi connectivity index (χ4v) is 2.04. The zero-order valence-corrected chi connectivity index (χ0v) is 12.4. The number of carbonyl (C=O) groups excluding carboxylic acids is 1. The third-order valence-corrected chi connectivity index (χ3v) is 2.99. The van der Waals surface area contributed by atoms with E-state index in [1.807, 2.05) is 42.2 Å². The Bertz CT molecular complexity index is 434. The normalized spacial score (nSPS) is 11.7. The molecule has 0 radical (unpaired) electrons. The lowest BCUT2D eigenvalue weighted by atomic mass is 10.2. The molecule has 0 N–H and O–H groups in total. The van der Waals surface area contributed by atoms with E-state index in [0.717, 1.165) is 16.9 Å². The molecule has 0 spiro atoms. The summed E-state index contributed by atoms with van der Waals surface area (Å²) in [7, 11) is 1.18. The molecule has 21 heavy (non-hydrogen) atoms. The van der Waals surface area contributed by atoms with E-state index in [2.05, 4.69) is 0 Å². The predicted molar refractivity (Wildman–Crippen MR) is 75.7 cm³/mol. The molecule has 0 saturated heterocycles. The Morgan fingerprint density at radius 1 is 1.19 bits per heavy atom. The van der Waals surface area contributed by atoms with Crippen LogP contribution < -0.4 is 0 Å². The number of rotatable bonds is 7. The van der Waals surface area contributed by atoms with E-state index in [9.17, 15) is 18.0 Å². The quantitative estimate of drug-likeness (QED) is 0.773. The molecule has 1 amide bonds. The highest BCUT2D eigenvalue weighted by molar-refractivity contribution is 5.78. The number of halogens is 3. The summed E-state index contributed by atoms with van der Waals surface area (Å²) >= 11 is 0. The summed E-state index contributed by atoms with van der Waals surface area (Å²) in [6.07, 6.45) is -3.53. The SMILES string of the molecule is CCCN(CC(=O)N(C)CC(F)(F)F)Cc1ccccc1. The Labute approximate surface area is 123 Å². The van der Waals surface area contributed by atoms with Crippen LogP contribution in [0.25, 0.3) is 0 Å². The summed E-state index contributed by atoms with van der Waals surface area (Å²) in [5.74, 6) is -0.517. The zero-order valence-electron chi connectivity index (χ0n) is 12.4. The van der Waals surface area contributed by atoms with E-state index < -0.39 is 18.6 Å². The van der Waals surface area contributed by atoms with E-state index in [1.165, 1.54) is 7.05 Å². The van der Waals surface area contributed by atoms with Gasteiger partial charge in [-0.15, -0.1) is 0 Å². The molecule has 0 fully saturated rings. The minimum atomic E-state index is -4.36. The molecule has 0 heterocycles. The number of hydrogen-bond acceptors (Lipinski definition) is 2. The highest BCUT2D eigenvalue weighted by Gasteiger charge is 2.31. The van der Waals surface area contributed by atoms with Crippen LogP contribution in [0.4, 0.5) is 13.2 Å². The summed E-state index contributed by atoms with van der Waals surface area (Å²) < 4.78 is 36.9. The van der Waals surface area contributed by atoms with Crippen LogP contribution in [0.15, 0.2) is 30.3 Å². The molecule has 6 heteroatoms. The van der Waals surface area contributed by atoms with Gasteiger partial charge in [0.05, 0.1) is 6.54 Å². The van der Waals surface area contributed by atoms with Crippen molar-refractivity contribution in [3.8, 4) is 0 Å². The lowest BCUT2D eigenvalue weighted by Gasteiger charge is -2.25. The maximum Gasteiger partial charge on any atom is 0.406 e. The van der Waals surface area contributed by atoms with Crippen molar-refractivity contribution in [2.45, 2.75) is 26.1 Å². The van der Waals surface area contributed by atoms with Crippen LogP contribution in [0.2, 0.25) is 0 Å². The monoisotopic (exact) mass is 302 g/mol. The first-order valence-corrected chi connectivity index (χ1v) is 6.89. The minimum Gasteiger partial charge on any atom is -0.336 e. The summed E-state index contributed by atoms with van der Waals surface area (Å²) in [6.45, 7) is 1.98. The van der Waals surface area contributed by atoms with Crippen molar-refractivity contribution in [3.63, 3.8) is 0 Å². The molecule has 1 aromatic carbocycles. The van der Waals surface area contributed by atoms with Gasteiger partial charge >= 0.3 is 6.18 Å². The van der Waals surface area contributed by atoms with Crippen molar-refractivity contribution in [3.05, 3.63) is 35.9 Å². The summed E-state index contributed by atoms with van der Waals surface area (Å²) in [4.78, 5) is 14.5. The third kappa shape index (κ3) is 7.13. The van der Waals surface area contributed by atoms with Crippen LogP contribution in [0.5, 0.6) is 0 Å². The highest BCUT2D eigenvalue weighted by atomic mass is 19.4. The molecular formula is C15H21F3N2O. The predicted octanol–water partition coefficient (Wildman–Crippen LogP) is 2.92. The van der Waals surface area contributed by atoms with Gasteiger partial charge in [0.2, 0.25) is 5.91 Å². The van der Waals surface area contributed by atoms with Gasteiger partial charge in [-0.25, -0.2) is 0 Å². The fourth-order valence-electron chi connectivity index (χ4n) is 2.04. The van der Waals surface area contributed by atoms with E-state index in [1.54, 1.807) is 0 Å². The van der Waals surface area contributed by atoms with Gasteiger partial charge in [-0.05, 0) is 18.5 Å². The smallest absolute Gasteiger partial charge is 0.336 e. The first-order chi connectivity index (χ1) is 9.81. The zero-order chi connectivity index (χ0) is 15.9. The largest absolute Gasteiger partial charge is 0.406 e. The van der Waals surface area contributed by atoms with Crippen molar-refractivity contribution < 1.29 is 18.0 Å². The second-order valence-electron chi connectivity index (χ2n) is 5.06. The Kier molecular flexibility index (Phi) is 6.68. The van der Waals surface area contributed by atoms with Crippen LogP contribution in [-0.2, 0) is 11.3 Å². The summed E-state index contributed by atoms with van der Waals surface area (Å²) in [5, 5.41) is 0. The standard InChI is InChI=1S/C15H21F3N2O/c1-3-9-20(10-13-7-5-4-6-8-13)11-14(21)19(2)12-15(16,17)18/h4-8H,3,9-12H2,1-2H3. The molecule has 3 nitrogen and oxygen atoms in total. The maximum absolute atomic E-state index is 12.3. The molecule has 0 atom stereocenters. The summed E-state index contributed by atoms with van der Waals surface area (Å²) in [6, 6.07) is 9.57. The fraction of sp³-hybridized carbons (Fsp3) is 0.533. The van der Waals surface area contributed by atoms with Crippen LogP contribution in [0.3, 0.4) is 0 Å². The van der Waals surface area contributed by atoms with Crippen molar-refractivity contribution in [2.24, 2.45) is 0 Å². The van der Waals surface area contributed by atoms with Gasteiger partial charge in [0.25, 0.3) is 0 Å². The average molecular weight is 302 g/mol. The van der Waals surface area contributed by atoms with Crippen molar-refractivity contribution in [2.75, 3.05) is 26.7 Å². The van der Waals surface area contributed by atoms with E-state index in [0.29, 0.717) is 13.1 Å². The molecule has 0 aliphatic heterocycles. The van der Waals surface area contributed by atoms with Gasteiger partial charge in [0.1, 0.15) is 6.54 Å². The van der Waals surface area contributed by atoms with Crippen molar-refractivity contribution >= 4 is 5.91 Å². The number of hydrogen-bond donors (Lipinski definition) is 0. The molecule has 0 aromatic heterocycles. The minimum absolute atomic E-state index is 0.00465. The topological polar surface area (TPSA) is 23.6 Å². The summed E-state index contributed by atoms with van der Waals surface area (Å²) in [5.41, 5.74) is 1.04. The molecular weight excluding hydrogens is 281 g/mol.